The predicted octanol–water partition coefficient (Wildman–Crippen LogP) is 2.66. The topological polar surface area (TPSA) is 46.5 Å². The van der Waals surface area contributed by atoms with E-state index >= 15 is 0 Å². The van der Waals surface area contributed by atoms with E-state index < -0.39 is 5.97 Å². The van der Waals surface area contributed by atoms with Crippen LogP contribution in [0.5, 0.6) is 0 Å². The molecule has 1 N–H and O–H groups in total. The van der Waals surface area contributed by atoms with Gasteiger partial charge in [0, 0.05) is 0 Å². The van der Waals surface area contributed by atoms with Crippen LogP contribution < -0.4 is 0 Å². The molecule has 0 saturated carbocycles. The van der Waals surface area contributed by atoms with Crippen LogP contribution in [0, 0.1) is 0 Å². The van der Waals surface area contributed by atoms with Crippen LogP contribution in [0.1, 0.15) is 26.7 Å². The first-order valence-electron chi connectivity index (χ1n) is 5.08. The van der Waals surface area contributed by atoms with Gasteiger partial charge in [0.15, 0.2) is 6.61 Å². The smallest absolute Gasteiger partial charge is 0.341 e. The lowest BCUT2D eigenvalue weighted by Crippen LogP contribution is -2.06. The lowest BCUT2D eigenvalue weighted by Gasteiger charge is -2.06. The lowest BCUT2D eigenvalue weighted by atomic mass is 10.1. The van der Waals surface area contributed by atoms with Crippen molar-refractivity contribution < 1.29 is 14.6 Å². The largest absolute Gasteiger partial charge is 0.482 e. The molecule has 0 atom stereocenters. The van der Waals surface area contributed by atoms with Crippen molar-refractivity contribution in [3.63, 3.8) is 0 Å². The number of rotatable bonds is 6. The van der Waals surface area contributed by atoms with Gasteiger partial charge in [-0.2, -0.15) is 0 Å². The zero-order chi connectivity index (χ0) is 11.3. The van der Waals surface area contributed by atoms with Crippen molar-refractivity contribution in [3.8, 4) is 0 Å². The third-order valence-electron chi connectivity index (χ3n) is 2.17. The molecular formula is C12H16O3. The summed E-state index contributed by atoms with van der Waals surface area (Å²) in [5.74, 6) is -0.243. The van der Waals surface area contributed by atoms with Crippen LogP contribution in [0.15, 0.2) is 35.1 Å². The number of ether oxygens (including phenoxy) is 1. The SMILES string of the molecule is C/C=C(\C=C(\OCC(=O)O)C1=CC1)CC. The van der Waals surface area contributed by atoms with Gasteiger partial charge in [-0.25, -0.2) is 4.79 Å². The maximum atomic E-state index is 10.4. The summed E-state index contributed by atoms with van der Waals surface area (Å²) in [6.07, 6.45) is 7.78. The van der Waals surface area contributed by atoms with Gasteiger partial charge in [-0.05, 0) is 37.0 Å². The van der Waals surface area contributed by atoms with E-state index in [2.05, 4.69) is 6.92 Å². The highest BCUT2D eigenvalue weighted by Crippen LogP contribution is 2.29. The van der Waals surface area contributed by atoms with Crippen LogP contribution in [0.3, 0.4) is 0 Å². The average molecular weight is 208 g/mol. The van der Waals surface area contributed by atoms with Crippen LogP contribution in [0.25, 0.3) is 0 Å². The van der Waals surface area contributed by atoms with Gasteiger partial charge in [0.1, 0.15) is 5.76 Å². The minimum atomic E-state index is -0.944. The second kappa shape index (κ2) is 5.39. The first-order chi connectivity index (χ1) is 7.17. The standard InChI is InChI=1S/C12H16O3/c1-3-9(4-2)7-11(10-5-6-10)15-8-12(13)14/h3,5,7H,4,6,8H2,1-2H3,(H,13,14)/b9-3-,11-7+. The molecule has 0 fully saturated rings. The Morgan fingerprint density at radius 2 is 2.33 bits per heavy atom. The number of hydrogen-bond acceptors (Lipinski definition) is 2. The summed E-state index contributed by atoms with van der Waals surface area (Å²) < 4.78 is 5.21. The molecule has 0 aliphatic heterocycles. The Bertz CT molecular complexity index is 335. The zero-order valence-corrected chi connectivity index (χ0v) is 9.12. The van der Waals surface area contributed by atoms with Gasteiger partial charge in [0.25, 0.3) is 0 Å². The number of hydrogen-bond donors (Lipinski definition) is 1. The quantitative estimate of drug-likeness (QED) is 0.539. The minimum Gasteiger partial charge on any atom is -0.482 e. The van der Waals surface area contributed by atoms with E-state index in [1.165, 1.54) is 0 Å². The van der Waals surface area contributed by atoms with E-state index in [0.29, 0.717) is 5.76 Å². The second-order valence-corrected chi connectivity index (χ2v) is 3.34. The van der Waals surface area contributed by atoms with Gasteiger partial charge < -0.3 is 9.84 Å². The lowest BCUT2D eigenvalue weighted by molar-refractivity contribution is -0.140. The first-order valence-corrected chi connectivity index (χ1v) is 5.08. The summed E-state index contributed by atoms with van der Waals surface area (Å²) in [4.78, 5) is 10.4. The molecule has 0 aromatic rings. The molecule has 1 rings (SSSR count). The number of carbonyl (C=O) groups is 1. The Morgan fingerprint density at radius 3 is 2.73 bits per heavy atom. The summed E-state index contributed by atoms with van der Waals surface area (Å²) in [7, 11) is 0. The predicted molar refractivity (Wildman–Crippen MR) is 58.4 cm³/mol. The van der Waals surface area contributed by atoms with Gasteiger partial charge in [0.2, 0.25) is 0 Å². The van der Waals surface area contributed by atoms with Crippen molar-refractivity contribution in [2.45, 2.75) is 26.7 Å². The molecule has 0 radical (unpaired) electrons. The van der Waals surface area contributed by atoms with Gasteiger partial charge >= 0.3 is 5.97 Å². The van der Waals surface area contributed by atoms with Crippen molar-refractivity contribution in [1.29, 1.82) is 0 Å². The second-order valence-electron chi connectivity index (χ2n) is 3.34. The van der Waals surface area contributed by atoms with E-state index in [4.69, 9.17) is 9.84 Å². The maximum Gasteiger partial charge on any atom is 0.341 e. The Hall–Kier alpha value is -1.51. The number of carboxylic acid groups (broad SMARTS) is 1. The molecule has 3 nitrogen and oxygen atoms in total. The van der Waals surface area contributed by atoms with Crippen LogP contribution >= 0.6 is 0 Å². The molecule has 0 heterocycles. The highest BCUT2D eigenvalue weighted by atomic mass is 16.5. The highest BCUT2D eigenvalue weighted by molar-refractivity contribution is 5.68. The molecule has 0 spiro atoms. The third kappa shape index (κ3) is 4.02. The summed E-state index contributed by atoms with van der Waals surface area (Å²) in [5, 5.41) is 8.53. The van der Waals surface area contributed by atoms with E-state index in [9.17, 15) is 4.79 Å². The third-order valence-corrected chi connectivity index (χ3v) is 2.17. The Balaban J connectivity index is 2.65. The first kappa shape index (κ1) is 11.6. The summed E-state index contributed by atoms with van der Waals surface area (Å²) >= 11 is 0. The fourth-order valence-corrected chi connectivity index (χ4v) is 1.18. The fourth-order valence-electron chi connectivity index (χ4n) is 1.18. The number of allylic oxidation sites excluding steroid dienone is 5. The normalized spacial score (nSPS) is 16.0. The van der Waals surface area contributed by atoms with E-state index in [-0.39, 0.29) is 6.61 Å². The minimum absolute atomic E-state index is 0.274. The van der Waals surface area contributed by atoms with E-state index in [1.807, 2.05) is 25.2 Å². The molecule has 1 aliphatic carbocycles. The number of aliphatic carboxylic acids is 1. The molecule has 0 aromatic carbocycles. The van der Waals surface area contributed by atoms with Crippen molar-refractivity contribution >= 4 is 5.97 Å². The van der Waals surface area contributed by atoms with Crippen molar-refractivity contribution in [2.24, 2.45) is 0 Å². The van der Waals surface area contributed by atoms with Crippen LogP contribution in [-0.4, -0.2) is 17.7 Å². The Labute approximate surface area is 89.7 Å². The van der Waals surface area contributed by atoms with E-state index in [1.54, 1.807) is 0 Å². The fraction of sp³-hybridized carbons (Fsp3) is 0.417. The summed E-state index contributed by atoms with van der Waals surface area (Å²) in [6.45, 7) is 3.75. The molecule has 0 aromatic heterocycles. The Morgan fingerprint density at radius 1 is 1.67 bits per heavy atom. The molecule has 0 unspecified atom stereocenters. The molecular weight excluding hydrogens is 192 g/mol. The van der Waals surface area contributed by atoms with Gasteiger partial charge in [-0.15, -0.1) is 0 Å². The Kier molecular flexibility index (Phi) is 4.16. The average Bonchev–Trinajstić information content (AvgIpc) is 3.02. The number of carboxylic acids is 1. The molecule has 0 amide bonds. The van der Waals surface area contributed by atoms with Crippen molar-refractivity contribution in [2.75, 3.05) is 6.61 Å². The maximum absolute atomic E-state index is 10.4. The zero-order valence-electron chi connectivity index (χ0n) is 9.12. The monoisotopic (exact) mass is 208 g/mol. The van der Waals surface area contributed by atoms with Gasteiger partial charge in [-0.1, -0.05) is 19.1 Å². The summed E-state index contributed by atoms with van der Waals surface area (Å²) in [5.41, 5.74) is 2.26. The van der Waals surface area contributed by atoms with Crippen LogP contribution in [0.2, 0.25) is 0 Å². The molecule has 0 bridgehead atoms. The van der Waals surface area contributed by atoms with Gasteiger partial charge in [0.05, 0.1) is 0 Å². The molecule has 15 heavy (non-hydrogen) atoms. The molecule has 1 aliphatic rings. The van der Waals surface area contributed by atoms with Crippen molar-refractivity contribution in [1.82, 2.24) is 0 Å². The van der Waals surface area contributed by atoms with E-state index in [0.717, 1.165) is 24.0 Å². The molecule has 82 valence electrons. The summed E-state index contributed by atoms with van der Waals surface area (Å²) in [6, 6.07) is 0. The van der Waals surface area contributed by atoms with Crippen LogP contribution in [-0.2, 0) is 9.53 Å². The van der Waals surface area contributed by atoms with Crippen molar-refractivity contribution in [3.05, 3.63) is 35.1 Å². The van der Waals surface area contributed by atoms with Gasteiger partial charge in [-0.3, -0.25) is 0 Å². The highest BCUT2D eigenvalue weighted by Gasteiger charge is 2.15. The molecule has 0 saturated heterocycles. The van der Waals surface area contributed by atoms with Crippen LogP contribution in [0.4, 0.5) is 0 Å². The molecule has 3 heteroatoms.